The van der Waals surface area contributed by atoms with Crippen molar-refractivity contribution in [1.29, 1.82) is 0 Å². The maximum atomic E-state index is 13.7. The van der Waals surface area contributed by atoms with Crippen molar-refractivity contribution in [1.82, 2.24) is 10.2 Å². The first kappa shape index (κ1) is 27.9. The van der Waals surface area contributed by atoms with Crippen LogP contribution in [0, 0.1) is 12.7 Å². The van der Waals surface area contributed by atoms with E-state index in [1.807, 2.05) is 37.3 Å². The first-order chi connectivity index (χ1) is 17.6. The maximum Gasteiger partial charge on any atom is 0.264 e. The second-order valence-corrected chi connectivity index (χ2v) is 10.6. The van der Waals surface area contributed by atoms with Gasteiger partial charge in [-0.2, -0.15) is 0 Å². The van der Waals surface area contributed by atoms with Gasteiger partial charge in [0, 0.05) is 13.1 Å². The Morgan fingerprint density at radius 3 is 2.16 bits per heavy atom. The van der Waals surface area contributed by atoms with Crippen LogP contribution in [-0.2, 0) is 26.0 Å². The third kappa shape index (κ3) is 7.16. The second kappa shape index (κ2) is 12.5. The maximum absolute atomic E-state index is 13.7. The lowest BCUT2D eigenvalue weighted by molar-refractivity contribution is -0.138. The number of amides is 2. The van der Waals surface area contributed by atoms with Crippen LogP contribution in [-0.4, -0.2) is 50.8 Å². The highest BCUT2D eigenvalue weighted by atomic mass is 32.2. The van der Waals surface area contributed by atoms with E-state index in [-0.39, 0.29) is 23.0 Å². The monoisotopic (exact) mass is 525 g/mol. The quantitative estimate of drug-likeness (QED) is 0.411. The van der Waals surface area contributed by atoms with Gasteiger partial charge in [-0.15, -0.1) is 0 Å². The number of carbonyl (C=O) groups is 2. The Morgan fingerprint density at radius 2 is 1.57 bits per heavy atom. The van der Waals surface area contributed by atoms with Crippen molar-refractivity contribution in [3.05, 3.63) is 95.8 Å². The molecule has 0 bridgehead atoms. The highest BCUT2D eigenvalue weighted by molar-refractivity contribution is 7.92. The predicted molar refractivity (Wildman–Crippen MR) is 142 cm³/mol. The van der Waals surface area contributed by atoms with E-state index in [2.05, 4.69) is 5.32 Å². The SMILES string of the molecule is CCNC(=O)C(C)N(CCc1ccccc1)C(=O)CN(c1ccc(C)cc1)S(=O)(=O)c1ccc(F)cc1. The number of hydrogen-bond donors (Lipinski definition) is 1. The van der Waals surface area contributed by atoms with Gasteiger partial charge in [0.2, 0.25) is 11.8 Å². The molecule has 1 atom stereocenters. The van der Waals surface area contributed by atoms with Crippen molar-refractivity contribution in [3.8, 4) is 0 Å². The summed E-state index contributed by atoms with van der Waals surface area (Å²) in [6, 6.07) is 19.9. The van der Waals surface area contributed by atoms with Gasteiger partial charge in [0.05, 0.1) is 10.6 Å². The van der Waals surface area contributed by atoms with Gasteiger partial charge in [-0.05, 0) is 69.2 Å². The summed E-state index contributed by atoms with van der Waals surface area (Å²) >= 11 is 0. The lowest BCUT2D eigenvalue weighted by Gasteiger charge is -2.32. The summed E-state index contributed by atoms with van der Waals surface area (Å²) < 4.78 is 41.8. The highest BCUT2D eigenvalue weighted by Crippen LogP contribution is 2.25. The average molecular weight is 526 g/mol. The molecular weight excluding hydrogens is 493 g/mol. The molecule has 0 saturated carbocycles. The highest BCUT2D eigenvalue weighted by Gasteiger charge is 2.32. The van der Waals surface area contributed by atoms with E-state index in [9.17, 15) is 22.4 Å². The molecule has 0 aliphatic carbocycles. The first-order valence-electron chi connectivity index (χ1n) is 12.1. The number of benzene rings is 3. The van der Waals surface area contributed by atoms with Crippen molar-refractivity contribution >= 4 is 27.5 Å². The molecule has 3 aromatic rings. The molecule has 37 heavy (non-hydrogen) atoms. The molecule has 0 fully saturated rings. The van der Waals surface area contributed by atoms with Crippen LogP contribution in [0.2, 0.25) is 0 Å². The molecule has 3 rings (SSSR count). The number of nitrogens with one attached hydrogen (secondary N) is 1. The predicted octanol–water partition coefficient (Wildman–Crippen LogP) is 3.93. The summed E-state index contributed by atoms with van der Waals surface area (Å²) in [5.74, 6) is -1.42. The zero-order valence-corrected chi connectivity index (χ0v) is 22.0. The van der Waals surface area contributed by atoms with Crippen LogP contribution >= 0.6 is 0 Å². The van der Waals surface area contributed by atoms with Crippen LogP contribution in [0.25, 0.3) is 0 Å². The summed E-state index contributed by atoms with van der Waals surface area (Å²) in [6.45, 7) is 5.37. The van der Waals surface area contributed by atoms with E-state index >= 15 is 0 Å². The van der Waals surface area contributed by atoms with Crippen molar-refractivity contribution < 1.29 is 22.4 Å². The molecule has 1 N–H and O–H groups in total. The third-order valence-electron chi connectivity index (χ3n) is 6.00. The van der Waals surface area contributed by atoms with Crippen LogP contribution < -0.4 is 9.62 Å². The van der Waals surface area contributed by atoms with Crippen molar-refractivity contribution in [2.75, 3.05) is 23.9 Å². The van der Waals surface area contributed by atoms with Gasteiger partial charge in [-0.25, -0.2) is 12.8 Å². The molecule has 0 aliphatic heterocycles. The number of sulfonamides is 1. The number of nitrogens with zero attached hydrogens (tertiary/aromatic N) is 2. The Kier molecular flexibility index (Phi) is 9.41. The minimum absolute atomic E-state index is 0.144. The molecule has 9 heteroatoms. The fourth-order valence-corrected chi connectivity index (χ4v) is 5.28. The number of likely N-dealkylation sites (N-methyl/N-ethyl adjacent to an activating group) is 1. The number of halogens is 1. The third-order valence-corrected chi connectivity index (χ3v) is 7.79. The molecule has 0 spiro atoms. The molecule has 0 aliphatic rings. The molecule has 196 valence electrons. The number of aryl methyl sites for hydroxylation is 1. The Hall–Kier alpha value is -3.72. The Labute approximate surface area is 218 Å². The Morgan fingerprint density at radius 1 is 0.946 bits per heavy atom. The number of rotatable bonds is 11. The Balaban J connectivity index is 1.96. The molecule has 1 unspecified atom stereocenters. The zero-order valence-electron chi connectivity index (χ0n) is 21.2. The van der Waals surface area contributed by atoms with Crippen LogP contribution in [0.15, 0.2) is 83.8 Å². The number of hydrogen-bond acceptors (Lipinski definition) is 4. The van der Waals surface area contributed by atoms with Gasteiger partial charge in [0.1, 0.15) is 18.4 Å². The standard InChI is InChI=1S/C28H32FN3O4S/c1-4-30-28(34)22(3)31(19-18-23-8-6-5-7-9-23)27(33)20-32(25-14-10-21(2)11-15-25)37(35,36)26-16-12-24(29)13-17-26/h5-17,22H,4,18-20H2,1-3H3,(H,30,34). The fraction of sp³-hybridized carbons (Fsp3) is 0.286. The van der Waals surface area contributed by atoms with E-state index in [4.69, 9.17) is 0 Å². The smallest absolute Gasteiger partial charge is 0.264 e. The summed E-state index contributed by atoms with van der Waals surface area (Å²) in [5, 5.41) is 2.73. The second-order valence-electron chi connectivity index (χ2n) is 8.69. The topological polar surface area (TPSA) is 86.8 Å². The van der Waals surface area contributed by atoms with E-state index in [0.29, 0.717) is 13.0 Å². The molecule has 0 aromatic heterocycles. The van der Waals surface area contributed by atoms with E-state index in [1.165, 1.54) is 17.0 Å². The summed E-state index contributed by atoms with van der Waals surface area (Å²) in [5.41, 5.74) is 2.19. The molecule has 2 amide bonds. The van der Waals surface area contributed by atoms with Crippen molar-refractivity contribution in [3.63, 3.8) is 0 Å². The van der Waals surface area contributed by atoms with E-state index in [0.717, 1.165) is 27.6 Å². The van der Waals surface area contributed by atoms with Gasteiger partial charge in [0.25, 0.3) is 10.0 Å². The molecular formula is C28H32FN3O4S. The van der Waals surface area contributed by atoms with Crippen LogP contribution in [0.5, 0.6) is 0 Å². The number of anilines is 1. The van der Waals surface area contributed by atoms with E-state index < -0.39 is 34.3 Å². The molecule has 0 radical (unpaired) electrons. The van der Waals surface area contributed by atoms with Gasteiger partial charge >= 0.3 is 0 Å². The van der Waals surface area contributed by atoms with E-state index in [1.54, 1.807) is 38.1 Å². The van der Waals surface area contributed by atoms with Crippen LogP contribution in [0.1, 0.15) is 25.0 Å². The van der Waals surface area contributed by atoms with Crippen molar-refractivity contribution in [2.24, 2.45) is 0 Å². The minimum atomic E-state index is -4.22. The zero-order chi connectivity index (χ0) is 27.0. The van der Waals surface area contributed by atoms with Gasteiger partial charge in [0.15, 0.2) is 0 Å². The summed E-state index contributed by atoms with van der Waals surface area (Å²) in [4.78, 5) is 27.6. The lowest BCUT2D eigenvalue weighted by atomic mass is 10.1. The molecule has 3 aromatic carbocycles. The largest absolute Gasteiger partial charge is 0.355 e. The van der Waals surface area contributed by atoms with Crippen LogP contribution in [0.3, 0.4) is 0 Å². The molecule has 0 saturated heterocycles. The fourth-order valence-electron chi connectivity index (χ4n) is 3.87. The normalized spacial score (nSPS) is 12.0. The lowest BCUT2D eigenvalue weighted by Crippen LogP contribution is -2.52. The van der Waals surface area contributed by atoms with Gasteiger partial charge in [-0.1, -0.05) is 48.0 Å². The Bertz CT molecular complexity index is 1300. The molecule has 0 heterocycles. The molecule has 7 nitrogen and oxygen atoms in total. The average Bonchev–Trinajstić information content (AvgIpc) is 2.89. The van der Waals surface area contributed by atoms with Crippen molar-refractivity contribution in [2.45, 2.75) is 38.1 Å². The van der Waals surface area contributed by atoms with Gasteiger partial charge < -0.3 is 10.2 Å². The number of carbonyl (C=O) groups excluding carboxylic acids is 2. The summed E-state index contributed by atoms with van der Waals surface area (Å²) in [6.07, 6.45) is 0.492. The minimum Gasteiger partial charge on any atom is -0.355 e. The first-order valence-corrected chi connectivity index (χ1v) is 13.5. The van der Waals surface area contributed by atoms with Gasteiger partial charge in [-0.3, -0.25) is 13.9 Å². The summed E-state index contributed by atoms with van der Waals surface area (Å²) in [7, 11) is -4.22. The van der Waals surface area contributed by atoms with Crippen LogP contribution in [0.4, 0.5) is 10.1 Å².